The van der Waals surface area contributed by atoms with E-state index in [1.165, 1.54) is 0 Å². The summed E-state index contributed by atoms with van der Waals surface area (Å²) in [7, 11) is 0. The lowest BCUT2D eigenvalue weighted by Crippen LogP contribution is -2.49. The molecule has 2 aromatic heterocycles. The zero-order chi connectivity index (χ0) is 22.1. The number of carbonyl (C=O) groups excluding carboxylic acids is 1. The predicted molar refractivity (Wildman–Crippen MR) is 122 cm³/mol. The molecule has 1 fully saturated rings. The maximum Gasteiger partial charge on any atom is 0.227 e. The zero-order valence-electron chi connectivity index (χ0n) is 17.4. The number of aromatic hydroxyl groups is 1. The number of H-pyrrole nitrogens is 1. The summed E-state index contributed by atoms with van der Waals surface area (Å²) >= 11 is 0. The minimum atomic E-state index is 0.121. The highest BCUT2D eigenvalue weighted by atomic mass is 16.3. The standard InChI is InChI=1S/C23H23N7O2/c24-23-27-21-19(25-20(26-21)16-7-4-8-17(31)14-16)22(28-23)30-11-9-29(10-12-30)18(32)13-15-5-2-1-3-6-15/h1-8,14,31H,9-13H2,(H3,24,25,26,27,28). The summed E-state index contributed by atoms with van der Waals surface area (Å²) in [5.41, 5.74) is 8.86. The summed E-state index contributed by atoms with van der Waals surface area (Å²) in [5.74, 6) is 1.67. The van der Waals surface area contributed by atoms with Gasteiger partial charge in [0.25, 0.3) is 0 Å². The van der Waals surface area contributed by atoms with Crippen LogP contribution in [0, 0.1) is 0 Å². The van der Waals surface area contributed by atoms with Gasteiger partial charge in [-0.15, -0.1) is 0 Å². The molecule has 0 spiro atoms. The van der Waals surface area contributed by atoms with Crippen LogP contribution in [0.15, 0.2) is 54.6 Å². The largest absolute Gasteiger partial charge is 0.508 e. The maximum absolute atomic E-state index is 12.7. The monoisotopic (exact) mass is 429 g/mol. The van der Waals surface area contributed by atoms with E-state index < -0.39 is 0 Å². The number of phenolic OH excluding ortho intramolecular Hbond substituents is 1. The van der Waals surface area contributed by atoms with Crippen molar-refractivity contribution in [3.8, 4) is 17.1 Å². The van der Waals surface area contributed by atoms with Crippen molar-refractivity contribution in [1.29, 1.82) is 0 Å². The van der Waals surface area contributed by atoms with Crippen LogP contribution in [0.3, 0.4) is 0 Å². The number of benzene rings is 2. The van der Waals surface area contributed by atoms with E-state index in [-0.39, 0.29) is 17.6 Å². The Morgan fingerprint density at radius 3 is 2.53 bits per heavy atom. The quantitative estimate of drug-likeness (QED) is 0.454. The Hall–Kier alpha value is -4.14. The van der Waals surface area contributed by atoms with Crippen LogP contribution in [-0.4, -0.2) is 62.0 Å². The van der Waals surface area contributed by atoms with Crippen LogP contribution in [0.5, 0.6) is 5.75 Å². The van der Waals surface area contributed by atoms with E-state index in [0.29, 0.717) is 55.4 Å². The van der Waals surface area contributed by atoms with Crippen molar-refractivity contribution in [3.63, 3.8) is 0 Å². The maximum atomic E-state index is 12.7. The number of amides is 1. The molecule has 4 N–H and O–H groups in total. The van der Waals surface area contributed by atoms with Gasteiger partial charge < -0.3 is 25.6 Å². The first kappa shape index (κ1) is 19.8. The lowest BCUT2D eigenvalue weighted by Gasteiger charge is -2.35. The zero-order valence-corrected chi connectivity index (χ0v) is 17.4. The fourth-order valence-corrected chi connectivity index (χ4v) is 3.97. The summed E-state index contributed by atoms with van der Waals surface area (Å²) in [6, 6.07) is 16.6. The number of nitrogens with zero attached hydrogens (tertiary/aromatic N) is 5. The number of anilines is 2. The van der Waals surface area contributed by atoms with E-state index in [1.54, 1.807) is 18.2 Å². The van der Waals surface area contributed by atoms with Crippen molar-refractivity contribution in [2.45, 2.75) is 6.42 Å². The van der Waals surface area contributed by atoms with Gasteiger partial charge in [0.15, 0.2) is 11.5 Å². The lowest BCUT2D eigenvalue weighted by molar-refractivity contribution is -0.130. The minimum absolute atomic E-state index is 0.121. The highest BCUT2D eigenvalue weighted by Crippen LogP contribution is 2.28. The molecule has 3 heterocycles. The average Bonchev–Trinajstić information content (AvgIpc) is 3.23. The summed E-state index contributed by atoms with van der Waals surface area (Å²) < 4.78 is 0. The SMILES string of the molecule is Nc1nc(N2CCN(C(=O)Cc3ccccc3)CC2)c2[nH]c(-c3cccc(O)c3)nc2n1. The van der Waals surface area contributed by atoms with Gasteiger partial charge in [0.05, 0.1) is 6.42 Å². The number of hydrogen-bond acceptors (Lipinski definition) is 7. The highest BCUT2D eigenvalue weighted by Gasteiger charge is 2.25. The number of imidazole rings is 1. The lowest BCUT2D eigenvalue weighted by atomic mass is 10.1. The number of nitrogens with two attached hydrogens (primary N) is 1. The Morgan fingerprint density at radius 1 is 1.00 bits per heavy atom. The second-order valence-electron chi connectivity index (χ2n) is 7.77. The molecule has 2 aromatic carbocycles. The van der Waals surface area contributed by atoms with E-state index in [9.17, 15) is 9.90 Å². The molecular formula is C23H23N7O2. The highest BCUT2D eigenvalue weighted by molar-refractivity contribution is 5.87. The number of fused-ring (bicyclic) bond motifs is 1. The molecule has 4 aromatic rings. The number of aromatic amines is 1. The van der Waals surface area contributed by atoms with Crippen LogP contribution in [0.1, 0.15) is 5.56 Å². The van der Waals surface area contributed by atoms with Crippen molar-refractivity contribution in [1.82, 2.24) is 24.8 Å². The molecule has 0 bridgehead atoms. The number of nitrogens with one attached hydrogen (secondary N) is 1. The van der Waals surface area contributed by atoms with Gasteiger partial charge in [-0.2, -0.15) is 9.97 Å². The molecule has 32 heavy (non-hydrogen) atoms. The topological polar surface area (TPSA) is 124 Å². The molecule has 1 aliphatic rings. The van der Waals surface area contributed by atoms with E-state index >= 15 is 0 Å². The van der Waals surface area contributed by atoms with Gasteiger partial charge in [-0.1, -0.05) is 42.5 Å². The third-order valence-electron chi connectivity index (χ3n) is 5.60. The van der Waals surface area contributed by atoms with Gasteiger partial charge in [0, 0.05) is 31.7 Å². The second kappa shape index (κ2) is 8.18. The second-order valence-corrected chi connectivity index (χ2v) is 7.77. The Morgan fingerprint density at radius 2 is 1.78 bits per heavy atom. The summed E-state index contributed by atoms with van der Waals surface area (Å²) in [6.45, 7) is 2.47. The molecule has 0 unspecified atom stereocenters. The average molecular weight is 429 g/mol. The molecule has 0 saturated carbocycles. The summed E-state index contributed by atoms with van der Waals surface area (Å²) in [6.07, 6.45) is 0.402. The van der Waals surface area contributed by atoms with E-state index in [2.05, 4.69) is 24.8 Å². The first-order valence-electron chi connectivity index (χ1n) is 10.5. The number of piperazine rings is 1. The summed E-state index contributed by atoms with van der Waals surface area (Å²) in [4.78, 5) is 33.2. The number of phenols is 1. The molecule has 9 nitrogen and oxygen atoms in total. The molecule has 1 amide bonds. The van der Waals surface area contributed by atoms with Crippen LogP contribution in [0.4, 0.5) is 11.8 Å². The molecule has 1 aliphatic heterocycles. The summed E-state index contributed by atoms with van der Waals surface area (Å²) in [5, 5.41) is 9.78. The molecule has 0 aliphatic carbocycles. The van der Waals surface area contributed by atoms with E-state index in [0.717, 1.165) is 11.1 Å². The molecular weight excluding hydrogens is 406 g/mol. The van der Waals surface area contributed by atoms with Gasteiger partial charge in [-0.3, -0.25) is 4.79 Å². The Balaban J connectivity index is 1.35. The van der Waals surface area contributed by atoms with Gasteiger partial charge in [0.1, 0.15) is 17.1 Å². The molecule has 0 atom stereocenters. The smallest absolute Gasteiger partial charge is 0.227 e. The van der Waals surface area contributed by atoms with Gasteiger partial charge in [-0.05, 0) is 17.7 Å². The molecule has 9 heteroatoms. The van der Waals surface area contributed by atoms with Crippen molar-refractivity contribution in [2.75, 3.05) is 36.8 Å². The Labute approximate surface area is 184 Å². The first-order chi connectivity index (χ1) is 15.6. The van der Waals surface area contributed by atoms with E-state index in [4.69, 9.17) is 5.73 Å². The predicted octanol–water partition coefficient (Wildman–Crippen LogP) is 2.20. The molecule has 1 saturated heterocycles. The first-order valence-corrected chi connectivity index (χ1v) is 10.5. The van der Waals surface area contributed by atoms with Crippen molar-refractivity contribution >= 4 is 28.8 Å². The van der Waals surface area contributed by atoms with E-state index in [1.807, 2.05) is 41.3 Å². The number of carbonyl (C=O) groups is 1. The van der Waals surface area contributed by atoms with Crippen LogP contribution < -0.4 is 10.6 Å². The van der Waals surface area contributed by atoms with Gasteiger partial charge >= 0.3 is 0 Å². The van der Waals surface area contributed by atoms with Crippen molar-refractivity contribution in [3.05, 3.63) is 60.2 Å². The van der Waals surface area contributed by atoms with Crippen LogP contribution >= 0.6 is 0 Å². The molecule has 0 radical (unpaired) electrons. The van der Waals surface area contributed by atoms with Crippen molar-refractivity contribution < 1.29 is 9.90 Å². The normalized spacial score (nSPS) is 14.1. The minimum Gasteiger partial charge on any atom is -0.508 e. The van der Waals surface area contributed by atoms with Crippen LogP contribution in [0.25, 0.3) is 22.6 Å². The van der Waals surface area contributed by atoms with Gasteiger partial charge in [0.2, 0.25) is 11.9 Å². The number of aromatic nitrogens is 4. The van der Waals surface area contributed by atoms with Crippen LogP contribution in [0.2, 0.25) is 0 Å². The fourth-order valence-electron chi connectivity index (χ4n) is 3.97. The Kier molecular flexibility index (Phi) is 5.06. The third-order valence-corrected chi connectivity index (χ3v) is 5.60. The fraction of sp³-hybridized carbons (Fsp3) is 0.217. The number of hydrogen-bond donors (Lipinski definition) is 3. The molecule has 5 rings (SSSR count). The Bertz CT molecular complexity index is 1260. The third kappa shape index (κ3) is 3.92. The molecule has 162 valence electrons. The van der Waals surface area contributed by atoms with Gasteiger partial charge in [-0.25, -0.2) is 4.98 Å². The van der Waals surface area contributed by atoms with Crippen LogP contribution in [-0.2, 0) is 11.2 Å². The van der Waals surface area contributed by atoms with Crippen molar-refractivity contribution in [2.24, 2.45) is 0 Å². The number of rotatable bonds is 4. The number of nitrogen functional groups attached to an aromatic ring is 1.